The number of nitrogens with zero attached hydrogens (tertiary/aromatic N) is 3. The maximum atomic E-state index is 12.8. The molecule has 4 aromatic rings. The molecule has 1 aromatic heterocycles. The topological polar surface area (TPSA) is 67.9 Å². The minimum absolute atomic E-state index is 0.155. The third-order valence-corrected chi connectivity index (χ3v) is 5.79. The van der Waals surface area contributed by atoms with E-state index >= 15 is 0 Å². The number of benzene rings is 3. The number of aromatic nitrogens is 2. The van der Waals surface area contributed by atoms with Crippen molar-refractivity contribution < 1.29 is 22.7 Å². The van der Waals surface area contributed by atoms with E-state index in [0.717, 1.165) is 28.7 Å². The van der Waals surface area contributed by atoms with Crippen LogP contribution in [0.3, 0.4) is 0 Å². The van der Waals surface area contributed by atoms with Crippen molar-refractivity contribution in [2.24, 2.45) is 0 Å². The Labute approximate surface area is 206 Å². The molecule has 0 saturated heterocycles. The van der Waals surface area contributed by atoms with Crippen molar-refractivity contribution in [3.05, 3.63) is 107 Å². The summed E-state index contributed by atoms with van der Waals surface area (Å²) in [5.41, 5.74) is 6.05. The van der Waals surface area contributed by atoms with Crippen LogP contribution in [0.25, 0.3) is 11.1 Å². The largest absolute Gasteiger partial charge is 0.491 e. The number of esters is 1. The molecule has 5 nitrogen and oxygen atoms in total. The predicted octanol–water partition coefficient (Wildman–Crippen LogP) is 6.09. The lowest BCUT2D eigenvalue weighted by Gasteiger charge is -2.14. The van der Waals surface area contributed by atoms with Gasteiger partial charge in [0.15, 0.2) is 0 Å². The Bertz CT molecular complexity index is 1400. The Balaban J connectivity index is 1.64. The van der Waals surface area contributed by atoms with Crippen molar-refractivity contribution in [2.75, 3.05) is 0 Å². The zero-order valence-corrected chi connectivity index (χ0v) is 19.4. The van der Waals surface area contributed by atoms with Crippen molar-refractivity contribution in [1.82, 2.24) is 9.55 Å². The summed E-state index contributed by atoms with van der Waals surface area (Å²) in [6.07, 6.45) is -2.54. The minimum Gasteiger partial charge on any atom is -0.385 e. The molecule has 36 heavy (non-hydrogen) atoms. The summed E-state index contributed by atoms with van der Waals surface area (Å²) in [6, 6.07) is 24.3. The van der Waals surface area contributed by atoms with E-state index in [0.29, 0.717) is 17.7 Å². The van der Waals surface area contributed by atoms with Gasteiger partial charge < -0.3 is 4.74 Å². The van der Waals surface area contributed by atoms with Gasteiger partial charge in [0.2, 0.25) is 0 Å². The van der Waals surface area contributed by atoms with E-state index < -0.39 is 18.2 Å². The van der Waals surface area contributed by atoms with Crippen LogP contribution in [0, 0.1) is 11.3 Å². The molecule has 0 radical (unpaired) electrons. The number of hydrogen-bond donors (Lipinski definition) is 0. The first-order valence-corrected chi connectivity index (χ1v) is 11.3. The van der Waals surface area contributed by atoms with Gasteiger partial charge in [-0.25, -0.2) is 9.78 Å². The van der Waals surface area contributed by atoms with Crippen molar-refractivity contribution in [1.29, 1.82) is 5.26 Å². The molecule has 0 bridgehead atoms. The summed E-state index contributed by atoms with van der Waals surface area (Å²) < 4.78 is 44.6. The molecule has 3 aromatic carbocycles. The molecular weight excluding hydrogens is 467 g/mol. The first kappa shape index (κ1) is 24.7. The van der Waals surface area contributed by atoms with Crippen molar-refractivity contribution in [3.63, 3.8) is 0 Å². The summed E-state index contributed by atoms with van der Waals surface area (Å²) in [4.78, 5) is 15.5. The summed E-state index contributed by atoms with van der Waals surface area (Å²) in [7, 11) is 0. The van der Waals surface area contributed by atoms with Gasteiger partial charge in [-0.1, -0.05) is 67.6 Å². The van der Waals surface area contributed by atoms with Gasteiger partial charge in [-0.3, -0.25) is 4.57 Å². The summed E-state index contributed by atoms with van der Waals surface area (Å²) in [6.45, 7) is 2.24. The standard InChI is InChI=1S/C28H22F3N3O2/c1-2-22-5-3-4-6-25(22)23-13-11-21(12-14-23)18-34-24(15-19-7-9-20(16-32)10-8-19)17-33-27(34)36-26(35)28(29,30)31/h3-14,17H,2,15,18H2,1H3. The average molecular weight is 489 g/mol. The van der Waals surface area contributed by atoms with Crippen LogP contribution < -0.4 is 4.74 Å². The lowest BCUT2D eigenvalue weighted by Crippen LogP contribution is -2.29. The van der Waals surface area contributed by atoms with E-state index in [2.05, 4.69) is 22.7 Å². The normalized spacial score (nSPS) is 11.2. The van der Waals surface area contributed by atoms with E-state index in [1.807, 2.05) is 48.5 Å². The van der Waals surface area contributed by atoms with Gasteiger partial charge in [0.1, 0.15) is 0 Å². The van der Waals surface area contributed by atoms with Gasteiger partial charge >= 0.3 is 18.2 Å². The summed E-state index contributed by atoms with van der Waals surface area (Å²) in [5.74, 6) is -2.33. The lowest BCUT2D eigenvalue weighted by atomic mass is 9.97. The first-order valence-electron chi connectivity index (χ1n) is 11.3. The van der Waals surface area contributed by atoms with Crippen LogP contribution in [-0.2, 0) is 24.2 Å². The van der Waals surface area contributed by atoms with E-state index in [9.17, 15) is 18.0 Å². The Morgan fingerprint density at radius 3 is 2.31 bits per heavy atom. The van der Waals surface area contributed by atoms with Crippen molar-refractivity contribution >= 4 is 5.97 Å². The average Bonchev–Trinajstić information content (AvgIpc) is 3.24. The molecule has 0 amide bonds. The minimum atomic E-state index is -5.14. The molecule has 0 saturated carbocycles. The van der Waals surface area contributed by atoms with Crippen molar-refractivity contribution in [2.45, 2.75) is 32.5 Å². The maximum Gasteiger partial charge on any atom is 0.491 e. The molecule has 0 N–H and O–H groups in total. The zero-order chi connectivity index (χ0) is 25.7. The van der Waals surface area contributed by atoms with E-state index in [4.69, 9.17) is 5.26 Å². The molecule has 0 aliphatic heterocycles. The number of alkyl halides is 3. The first-order chi connectivity index (χ1) is 17.3. The second kappa shape index (κ2) is 10.5. The molecule has 182 valence electrons. The van der Waals surface area contributed by atoms with Gasteiger partial charge in [0, 0.05) is 12.1 Å². The van der Waals surface area contributed by atoms with Gasteiger partial charge in [-0.15, -0.1) is 0 Å². The molecule has 4 rings (SSSR count). The maximum absolute atomic E-state index is 12.8. The highest BCUT2D eigenvalue weighted by atomic mass is 19.4. The van der Waals surface area contributed by atoms with Crippen LogP contribution in [0.5, 0.6) is 6.01 Å². The Morgan fingerprint density at radius 1 is 1.00 bits per heavy atom. The summed E-state index contributed by atoms with van der Waals surface area (Å²) in [5, 5.41) is 9.00. The fraction of sp³-hybridized carbons (Fsp3) is 0.179. The highest BCUT2D eigenvalue weighted by Gasteiger charge is 2.42. The molecule has 0 aliphatic rings. The van der Waals surface area contributed by atoms with E-state index in [1.165, 1.54) is 16.3 Å². The van der Waals surface area contributed by atoms with Crippen LogP contribution >= 0.6 is 0 Å². The third kappa shape index (κ3) is 5.63. The van der Waals surface area contributed by atoms with Gasteiger partial charge in [0.25, 0.3) is 0 Å². The Hall–Kier alpha value is -4.38. The molecular formula is C28H22F3N3O2. The molecule has 0 fully saturated rings. The zero-order valence-electron chi connectivity index (χ0n) is 19.4. The van der Waals surface area contributed by atoms with E-state index in [1.54, 1.807) is 24.3 Å². The number of carbonyl (C=O) groups is 1. The molecule has 8 heteroatoms. The monoisotopic (exact) mass is 489 g/mol. The van der Waals surface area contributed by atoms with Crippen LogP contribution in [-0.4, -0.2) is 21.7 Å². The molecule has 0 aliphatic carbocycles. The number of imidazole rings is 1. The quantitative estimate of drug-likeness (QED) is 0.295. The number of carbonyl (C=O) groups excluding carboxylic acids is 1. The second-order valence-corrected chi connectivity index (χ2v) is 8.20. The number of rotatable bonds is 7. The van der Waals surface area contributed by atoms with Crippen molar-refractivity contribution in [3.8, 4) is 23.2 Å². The third-order valence-electron chi connectivity index (χ3n) is 5.79. The number of aryl methyl sites for hydroxylation is 1. The molecule has 0 unspecified atom stereocenters. The SMILES string of the molecule is CCc1ccccc1-c1ccc(Cn2c(Cc3ccc(C#N)cc3)cnc2OC(=O)C(F)(F)F)cc1. The Kier molecular flexibility index (Phi) is 7.20. The number of halogens is 3. The fourth-order valence-electron chi connectivity index (χ4n) is 3.91. The number of ether oxygens (including phenoxy) is 1. The second-order valence-electron chi connectivity index (χ2n) is 8.20. The Morgan fingerprint density at radius 2 is 1.67 bits per heavy atom. The van der Waals surface area contributed by atoms with Crippen LogP contribution in [0.1, 0.15) is 34.9 Å². The predicted molar refractivity (Wildman–Crippen MR) is 128 cm³/mol. The van der Waals surface area contributed by atoms with Gasteiger partial charge in [0.05, 0.1) is 24.4 Å². The van der Waals surface area contributed by atoms with Crippen LogP contribution in [0.4, 0.5) is 13.2 Å². The highest BCUT2D eigenvalue weighted by Crippen LogP contribution is 2.26. The number of hydrogen-bond acceptors (Lipinski definition) is 4. The highest BCUT2D eigenvalue weighted by molar-refractivity contribution is 5.77. The lowest BCUT2D eigenvalue weighted by molar-refractivity contribution is -0.190. The van der Waals surface area contributed by atoms with E-state index in [-0.39, 0.29) is 6.54 Å². The van der Waals surface area contributed by atoms with Crippen LogP contribution in [0.2, 0.25) is 0 Å². The smallest absolute Gasteiger partial charge is 0.385 e. The number of nitriles is 1. The van der Waals surface area contributed by atoms with Crippen LogP contribution in [0.15, 0.2) is 79.0 Å². The van der Waals surface area contributed by atoms with Gasteiger partial charge in [-0.05, 0) is 46.4 Å². The summed E-state index contributed by atoms with van der Waals surface area (Å²) >= 11 is 0. The molecule has 0 spiro atoms. The molecule has 0 atom stereocenters. The fourth-order valence-corrected chi connectivity index (χ4v) is 3.91. The van der Waals surface area contributed by atoms with Gasteiger partial charge in [-0.2, -0.15) is 18.4 Å². The molecule has 1 heterocycles.